The number of rotatable bonds is 6. The summed E-state index contributed by atoms with van der Waals surface area (Å²) in [7, 11) is 0. The van der Waals surface area contributed by atoms with Gasteiger partial charge in [-0.3, -0.25) is 4.79 Å². The van der Waals surface area contributed by atoms with Crippen molar-refractivity contribution >= 4 is 5.78 Å². The van der Waals surface area contributed by atoms with Gasteiger partial charge in [0.15, 0.2) is 0 Å². The minimum absolute atomic E-state index is 0.0293. The molecule has 3 nitrogen and oxygen atoms in total. The van der Waals surface area contributed by atoms with Gasteiger partial charge in [0.1, 0.15) is 5.78 Å². The van der Waals surface area contributed by atoms with Gasteiger partial charge < -0.3 is 10.1 Å². The second-order valence-electron chi connectivity index (χ2n) is 5.53. The van der Waals surface area contributed by atoms with Crippen LogP contribution in [0.3, 0.4) is 0 Å². The van der Waals surface area contributed by atoms with Crippen LogP contribution in [-0.2, 0) is 16.0 Å². The Labute approximate surface area is 114 Å². The summed E-state index contributed by atoms with van der Waals surface area (Å²) in [5, 5.41) is 3.38. The van der Waals surface area contributed by atoms with Gasteiger partial charge >= 0.3 is 0 Å². The van der Waals surface area contributed by atoms with Gasteiger partial charge in [-0.2, -0.15) is 0 Å². The zero-order valence-electron chi connectivity index (χ0n) is 11.2. The molecule has 1 heterocycles. The minimum atomic E-state index is -0.0293. The third-order valence-corrected chi connectivity index (χ3v) is 3.92. The topological polar surface area (TPSA) is 38.3 Å². The smallest absolute Gasteiger partial charge is 0.137 e. The Bertz CT molecular complexity index is 454. The molecule has 1 saturated carbocycles. The van der Waals surface area contributed by atoms with Crippen molar-refractivity contribution in [3.63, 3.8) is 0 Å². The Morgan fingerprint density at radius 2 is 2.16 bits per heavy atom. The molecule has 0 saturated heterocycles. The fraction of sp³-hybridized carbons (Fsp3) is 0.562. The second kappa shape index (κ2) is 5.85. The Morgan fingerprint density at radius 3 is 3.00 bits per heavy atom. The van der Waals surface area contributed by atoms with E-state index in [0.29, 0.717) is 24.7 Å². The number of hydrogen-bond acceptors (Lipinski definition) is 3. The first-order valence-electron chi connectivity index (χ1n) is 7.27. The van der Waals surface area contributed by atoms with E-state index in [4.69, 9.17) is 4.74 Å². The van der Waals surface area contributed by atoms with Crippen molar-refractivity contribution in [2.45, 2.75) is 44.2 Å². The van der Waals surface area contributed by atoms with Crippen molar-refractivity contribution in [3.8, 4) is 0 Å². The van der Waals surface area contributed by atoms with Crippen LogP contribution in [0.1, 0.15) is 42.9 Å². The lowest BCUT2D eigenvalue weighted by atomic mass is 9.94. The molecule has 19 heavy (non-hydrogen) atoms. The number of nitrogens with one attached hydrogen (secondary N) is 1. The van der Waals surface area contributed by atoms with Crippen molar-refractivity contribution < 1.29 is 9.53 Å². The predicted molar refractivity (Wildman–Crippen MR) is 74.1 cm³/mol. The molecular weight excluding hydrogens is 238 g/mol. The molecule has 102 valence electrons. The molecule has 0 amide bonds. The normalized spacial score (nSPS) is 22.0. The summed E-state index contributed by atoms with van der Waals surface area (Å²) in [4.78, 5) is 12.0. The van der Waals surface area contributed by atoms with E-state index >= 15 is 0 Å². The van der Waals surface area contributed by atoms with Gasteiger partial charge in [-0.05, 0) is 30.4 Å². The minimum Gasteiger partial charge on any atom is -0.373 e. The number of ketones is 1. The first-order chi connectivity index (χ1) is 9.33. The number of carbonyl (C=O) groups excluding carboxylic acids is 1. The van der Waals surface area contributed by atoms with Crippen LogP contribution in [0.2, 0.25) is 0 Å². The third-order valence-electron chi connectivity index (χ3n) is 3.92. The molecule has 1 aromatic rings. The van der Waals surface area contributed by atoms with E-state index in [0.717, 1.165) is 19.6 Å². The van der Waals surface area contributed by atoms with E-state index in [9.17, 15) is 4.79 Å². The molecule has 3 rings (SSSR count). The number of Topliss-reactive ketones (excluding diaryl/α,β-unsaturated/α-hetero) is 1. The van der Waals surface area contributed by atoms with Crippen molar-refractivity contribution in [1.82, 2.24) is 5.32 Å². The molecule has 1 unspecified atom stereocenters. The molecule has 2 aliphatic rings. The van der Waals surface area contributed by atoms with E-state index in [-0.39, 0.29) is 6.10 Å². The van der Waals surface area contributed by atoms with Crippen LogP contribution in [0.15, 0.2) is 24.3 Å². The maximum absolute atomic E-state index is 12.0. The SMILES string of the molecule is O=C(CCNC1CC1)CC1OCCc2ccccc21. The molecule has 3 heteroatoms. The zero-order valence-corrected chi connectivity index (χ0v) is 11.2. The van der Waals surface area contributed by atoms with Crippen LogP contribution in [0, 0.1) is 0 Å². The molecule has 1 N–H and O–H groups in total. The van der Waals surface area contributed by atoms with Crippen molar-refractivity contribution in [2.75, 3.05) is 13.2 Å². The van der Waals surface area contributed by atoms with Gasteiger partial charge in [-0.15, -0.1) is 0 Å². The average Bonchev–Trinajstić information content (AvgIpc) is 3.23. The number of benzene rings is 1. The fourth-order valence-corrected chi connectivity index (χ4v) is 2.66. The molecule has 0 bridgehead atoms. The van der Waals surface area contributed by atoms with Gasteiger partial charge in [-0.25, -0.2) is 0 Å². The summed E-state index contributed by atoms with van der Waals surface area (Å²) in [5.74, 6) is 0.301. The molecule has 1 atom stereocenters. The molecule has 0 aromatic heterocycles. The first-order valence-corrected chi connectivity index (χ1v) is 7.27. The molecule has 1 aliphatic heterocycles. The van der Waals surface area contributed by atoms with Crippen molar-refractivity contribution in [3.05, 3.63) is 35.4 Å². The lowest BCUT2D eigenvalue weighted by Crippen LogP contribution is -2.23. The van der Waals surface area contributed by atoms with Gasteiger partial charge in [0.2, 0.25) is 0 Å². The highest BCUT2D eigenvalue weighted by Crippen LogP contribution is 2.29. The number of fused-ring (bicyclic) bond motifs is 1. The third kappa shape index (κ3) is 3.43. The monoisotopic (exact) mass is 259 g/mol. The first kappa shape index (κ1) is 12.8. The number of carbonyl (C=O) groups is 1. The highest BCUT2D eigenvalue weighted by atomic mass is 16.5. The molecule has 1 aliphatic carbocycles. The van der Waals surface area contributed by atoms with E-state index in [1.54, 1.807) is 0 Å². The highest BCUT2D eigenvalue weighted by molar-refractivity contribution is 5.79. The molecule has 0 radical (unpaired) electrons. The van der Waals surface area contributed by atoms with E-state index < -0.39 is 0 Å². The number of ether oxygens (including phenoxy) is 1. The zero-order chi connectivity index (χ0) is 13.1. The van der Waals surface area contributed by atoms with Crippen LogP contribution in [0.25, 0.3) is 0 Å². The van der Waals surface area contributed by atoms with E-state index in [1.165, 1.54) is 24.0 Å². The standard InChI is InChI=1S/C16H21NO2/c18-14(7-9-17-13-5-6-13)11-16-15-4-2-1-3-12(15)8-10-19-16/h1-4,13,16-17H,5-11H2. The summed E-state index contributed by atoms with van der Waals surface area (Å²) in [6.07, 6.45) is 4.62. The van der Waals surface area contributed by atoms with Gasteiger partial charge in [0, 0.05) is 25.4 Å². The second-order valence-corrected chi connectivity index (χ2v) is 5.53. The molecular formula is C16H21NO2. The molecule has 1 aromatic carbocycles. The van der Waals surface area contributed by atoms with Crippen LogP contribution >= 0.6 is 0 Å². The summed E-state index contributed by atoms with van der Waals surface area (Å²) in [6.45, 7) is 1.55. The van der Waals surface area contributed by atoms with Crippen molar-refractivity contribution in [2.24, 2.45) is 0 Å². The van der Waals surface area contributed by atoms with Gasteiger partial charge in [0.05, 0.1) is 12.7 Å². The van der Waals surface area contributed by atoms with Crippen molar-refractivity contribution in [1.29, 1.82) is 0 Å². The molecule has 1 fully saturated rings. The summed E-state index contributed by atoms with van der Waals surface area (Å²) in [6, 6.07) is 9.00. The Kier molecular flexibility index (Phi) is 3.95. The van der Waals surface area contributed by atoms with Crippen LogP contribution in [0.4, 0.5) is 0 Å². The van der Waals surface area contributed by atoms with Gasteiger partial charge in [0.25, 0.3) is 0 Å². The lowest BCUT2D eigenvalue weighted by Gasteiger charge is -2.25. The summed E-state index contributed by atoms with van der Waals surface area (Å²) < 4.78 is 5.77. The maximum Gasteiger partial charge on any atom is 0.137 e. The number of hydrogen-bond donors (Lipinski definition) is 1. The summed E-state index contributed by atoms with van der Waals surface area (Å²) in [5.41, 5.74) is 2.54. The lowest BCUT2D eigenvalue weighted by molar-refractivity contribution is -0.122. The quantitative estimate of drug-likeness (QED) is 0.852. The predicted octanol–water partition coefficient (Wildman–Crippen LogP) is 2.40. The van der Waals surface area contributed by atoms with Gasteiger partial charge in [-0.1, -0.05) is 24.3 Å². The van der Waals surface area contributed by atoms with Crippen LogP contribution in [-0.4, -0.2) is 25.0 Å². The van der Waals surface area contributed by atoms with E-state index in [2.05, 4.69) is 23.5 Å². The maximum atomic E-state index is 12.0. The molecule has 0 spiro atoms. The van der Waals surface area contributed by atoms with Crippen LogP contribution < -0.4 is 5.32 Å². The van der Waals surface area contributed by atoms with E-state index in [1.807, 2.05) is 6.07 Å². The Hall–Kier alpha value is -1.19. The highest BCUT2D eigenvalue weighted by Gasteiger charge is 2.24. The Balaban J connectivity index is 1.53. The van der Waals surface area contributed by atoms with Crippen LogP contribution in [0.5, 0.6) is 0 Å². The Morgan fingerprint density at radius 1 is 1.32 bits per heavy atom. The summed E-state index contributed by atoms with van der Waals surface area (Å²) >= 11 is 0. The average molecular weight is 259 g/mol. The fourth-order valence-electron chi connectivity index (χ4n) is 2.66. The largest absolute Gasteiger partial charge is 0.373 e.